The molecule has 0 saturated carbocycles. The molecule has 2 aromatic heterocycles. The van der Waals surface area contributed by atoms with Crippen LogP contribution in [0.25, 0.3) is 10.9 Å². The fourth-order valence-electron chi connectivity index (χ4n) is 4.36. The van der Waals surface area contributed by atoms with Crippen molar-refractivity contribution >= 4 is 85.1 Å². The minimum atomic E-state index is -4.13. The van der Waals surface area contributed by atoms with E-state index in [1.165, 1.54) is 37.4 Å². The number of para-hydroxylation sites is 1. The Morgan fingerprint density at radius 3 is 2.25 bits per heavy atom. The van der Waals surface area contributed by atoms with E-state index in [0.29, 0.717) is 27.9 Å². The van der Waals surface area contributed by atoms with Crippen LogP contribution in [-0.2, 0) is 14.8 Å². The van der Waals surface area contributed by atoms with E-state index in [9.17, 15) is 28.1 Å². The average Bonchev–Trinajstić information content (AvgIpc) is 3.17. The zero-order valence-corrected chi connectivity index (χ0v) is 32.5. The Balaban J connectivity index is 0.000000193. The molecule has 0 bridgehead atoms. The lowest BCUT2D eigenvalue weighted by molar-refractivity contribution is -0.383. The van der Waals surface area contributed by atoms with Crippen LogP contribution in [0.4, 0.5) is 22.1 Å². The number of urea groups is 1. The lowest BCUT2D eigenvalue weighted by Gasteiger charge is -2.09. The number of pyridine rings is 1. The lowest BCUT2D eigenvalue weighted by atomic mass is 10.2. The summed E-state index contributed by atoms with van der Waals surface area (Å²) in [6.45, 7) is 1.17. The number of carboxylic acid groups (broad SMARTS) is 1. The molecule has 0 aliphatic carbocycles. The molecule has 2 heterocycles. The number of methoxy groups -OCH3 is 1. The second-order valence-electron chi connectivity index (χ2n) is 10.8. The van der Waals surface area contributed by atoms with E-state index in [1.54, 1.807) is 67.7 Å². The molecule has 6 aromatic rings. The molecule has 0 atom stereocenters. The summed E-state index contributed by atoms with van der Waals surface area (Å²) >= 11 is 17.7. The van der Waals surface area contributed by atoms with Crippen LogP contribution in [0.1, 0.15) is 5.82 Å². The van der Waals surface area contributed by atoms with Crippen molar-refractivity contribution < 1.29 is 42.2 Å². The van der Waals surface area contributed by atoms with E-state index in [4.69, 9.17) is 59.9 Å². The maximum Gasteiger partial charge on any atom is 0.341 e. The highest BCUT2D eigenvalue weighted by atomic mass is 35.5. The van der Waals surface area contributed by atoms with Crippen molar-refractivity contribution in [2.75, 3.05) is 24.8 Å². The number of sulfonamides is 1. The van der Waals surface area contributed by atoms with Crippen LogP contribution in [0.5, 0.6) is 23.3 Å². The van der Waals surface area contributed by atoms with Crippen molar-refractivity contribution in [2.24, 2.45) is 0 Å². The van der Waals surface area contributed by atoms with E-state index in [0.717, 1.165) is 5.39 Å². The molecule has 4 aromatic carbocycles. The minimum Gasteiger partial charge on any atom is -0.480 e. The number of ether oxygens (including phenoxy) is 3. The van der Waals surface area contributed by atoms with E-state index in [2.05, 4.69) is 25.3 Å². The number of nitrogens with zero attached hydrogens (tertiary/aromatic N) is 5. The summed E-state index contributed by atoms with van der Waals surface area (Å²) in [6, 6.07) is 23.1. The van der Waals surface area contributed by atoms with Crippen molar-refractivity contribution in [2.45, 2.75) is 11.8 Å². The van der Waals surface area contributed by atoms with Crippen LogP contribution >= 0.6 is 34.8 Å². The number of aromatic nitrogens is 4. The van der Waals surface area contributed by atoms with Crippen LogP contribution in [0.3, 0.4) is 0 Å². The van der Waals surface area contributed by atoms with Gasteiger partial charge in [0, 0.05) is 17.6 Å². The minimum absolute atomic E-state index is 0.00882. The van der Waals surface area contributed by atoms with Gasteiger partial charge in [0.15, 0.2) is 6.61 Å². The number of aryl methyl sites for hydroxylation is 1. The topological polar surface area (TPSA) is 261 Å². The number of rotatable bonds is 10. The standard InChI is InChI=1S/C12H12ClN5O4S.C12H9ClN2O3.C11H8ClNO3/c1-7-14-10(17-12(15-7)22-2)16-11(19)18-23(20,21)9-6-4-3-5-8(9)13;13-11-10(18-8-4-2-1-3-5-8)7-6-9(12(11)14)15(16)17;12-8-3-4-9(16-6-10(14)15)11-7(8)2-1-5-13-11/h3-6H,1-2H3,(H2,14,15,16,17,18,19);1-7H,14H2;1-5H,6H2,(H,14,15). The first-order valence-corrected chi connectivity index (χ1v) is 18.4. The Labute approximate surface area is 338 Å². The molecule has 0 radical (unpaired) electrons. The van der Waals surface area contributed by atoms with Gasteiger partial charge in [-0.2, -0.15) is 15.0 Å². The van der Waals surface area contributed by atoms with Gasteiger partial charge in [0.1, 0.15) is 44.2 Å². The zero-order chi connectivity index (χ0) is 41.7. The largest absolute Gasteiger partial charge is 0.480 e. The second-order valence-corrected chi connectivity index (χ2v) is 13.6. The summed E-state index contributed by atoms with van der Waals surface area (Å²) in [7, 11) is -2.78. The smallest absolute Gasteiger partial charge is 0.341 e. The Morgan fingerprint density at radius 2 is 1.58 bits per heavy atom. The van der Waals surface area contributed by atoms with Crippen molar-refractivity contribution in [3.8, 4) is 23.3 Å². The van der Waals surface area contributed by atoms with Gasteiger partial charge >= 0.3 is 18.0 Å². The Kier molecular flexibility index (Phi) is 15.1. The third-order valence-electron chi connectivity index (χ3n) is 6.81. The highest BCUT2D eigenvalue weighted by molar-refractivity contribution is 7.90. The summed E-state index contributed by atoms with van der Waals surface area (Å²) in [5.41, 5.74) is 5.81. The second kappa shape index (κ2) is 19.9. The molecule has 0 spiro atoms. The number of benzene rings is 4. The highest BCUT2D eigenvalue weighted by Gasteiger charge is 2.21. The molecular weight excluding hydrogens is 831 g/mol. The number of carbonyl (C=O) groups is 2. The predicted octanol–water partition coefficient (Wildman–Crippen LogP) is 7.33. The first-order chi connectivity index (χ1) is 27.1. The van der Waals surface area contributed by atoms with Crippen LogP contribution in [0.2, 0.25) is 15.1 Å². The van der Waals surface area contributed by atoms with Gasteiger partial charge < -0.3 is 25.1 Å². The number of nitro benzene ring substituents is 1. The molecule has 2 amide bonds. The summed E-state index contributed by atoms with van der Waals surface area (Å²) in [5, 5.41) is 22.7. The van der Waals surface area contributed by atoms with Crippen molar-refractivity contribution in [3.05, 3.63) is 128 Å². The van der Waals surface area contributed by atoms with Gasteiger partial charge in [-0.1, -0.05) is 65.1 Å². The maximum absolute atomic E-state index is 12.1. The molecule has 296 valence electrons. The first-order valence-electron chi connectivity index (χ1n) is 15.8. The van der Waals surface area contributed by atoms with Gasteiger partial charge in [-0.15, -0.1) is 0 Å². The number of amides is 2. The Morgan fingerprint density at radius 1 is 0.895 bits per heavy atom. The number of nitrogen functional groups attached to an aromatic ring is 1. The Bertz CT molecular complexity index is 2520. The van der Waals surface area contributed by atoms with Crippen LogP contribution in [0, 0.1) is 17.0 Å². The van der Waals surface area contributed by atoms with Crippen molar-refractivity contribution in [1.82, 2.24) is 24.7 Å². The normalized spacial score (nSPS) is 10.5. The number of hydrogen-bond acceptors (Lipinski definition) is 14. The SMILES string of the molecule is COc1nc(C)nc(NC(=O)NS(=O)(=O)c2ccccc2Cl)n1.Nc1c([N+](=O)[O-])ccc(Oc2ccccc2)c1Cl.O=C(O)COc1ccc(Cl)c2cccnc12. The summed E-state index contributed by atoms with van der Waals surface area (Å²) in [5.74, 6) is 0.391. The Hall–Kier alpha value is -6.54. The molecule has 18 nitrogen and oxygen atoms in total. The van der Waals surface area contributed by atoms with Gasteiger partial charge in [0.2, 0.25) is 5.95 Å². The fourth-order valence-corrected chi connectivity index (χ4v) is 6.20. The zero-order valence-electron chi connectivity index (χ0n) is 29.4. The number of carboxylic acids is 1. The average molecular weight is 860 g/mol. The van der Waals surface area contributed by atoms with Gasteiger partial charge in [0.05, 0.1) is 22.1 Å². The number of aliphatic carboxylic acids is 1. The van der Waals surface area contributed by atoms with Gasteiger partial charge in [-0.25, -0.2) is 22.7 Å². The predicted molar refractivity (Wildman–Crippen MR) is 211 cm³/mol. The molecule has 6 rings (SSSR count). The van der Waals surface area contributed by atoms with Gasteiger partial charge in [-0.05, 0) is 61.5 Å². The van der Waals surface area contributed by atoms with Crippen LogP contribution < -0.4 is 30.0 Å². The number of halogens is 3. The van der Waals surface area contributed by atoms with Crippen LogP contribution in [-0.4, -0.2) is 64.1 Å². The molecule has 0 fully saturated rings. The molecule has 5 N–H and O–H groups in total. The number of nitro groups is 1. The summed E-state index contributed by atoms with van der Waals surface area (Å²) < 4.78 is 41.5. The summed E-state index contributed by atoms with van der Waals surface area (Å²) in [6.07, 6.45) is 1.60. The molecule has 22 heteroatoms. The van der Waals surface area contributed by atoms with E-state index in [-0.39, 0.29) is 44.0 Å². The van der Waals surface area contributed by atoms with Gasteiger partial charge in [-0.3, -0.25) is 20.4 Å². The number of hydrogen-bond donors (Lipinski definition) is 4. The fraction of sp³-hybridized carbons (Fsp3) is 0.0857. The van der Waals surface area contributed by atoms with E-state index < -0.39 is 33.6 Å². The third-order valence-corrected chi connectivity index (χ3v) is 9.36. The first kappa shape index (κ1) is 43.2. The molecule has 57 heavy (non-hydrogen) atoms. The summed E-state index contributed by atoms with van der Waals surface area (Å²) in [4.78, 5) is 47.7. The number of carbonyl (C=O) groups excluding carboxylic acids is 1. The molecule has 0 aliphatic rings. The monoisotopic (exact) mass is 858 g/mol. The number of nitrogens with one attached hydrogen (secondary N) is 2. The number of nitrogens with two attached hydrogens (primary N) is 1. The molecule has 0 saturated heterocycles. The maximum atomic E-state index is 12.1. The number of anilines is 2. The van der Waals surface area contributed by atoms with Crippen molar-refractivity contribution in [1.29, 1.82) is 0 Å². The van der Waals surface area contributed by atoms with E-state index in [1.807, 2.05) is 10.8 Å². The highest BCUT2D eigenvalue weighted by Crippen LogP contribution is 2.39. The third kappa shape index (κ3) is 12.2. The lowest BCUT2D eigenvalue weighted by Crippen LogP contribution is -2.35. The number of fused-ring (bicyclic) bond motifs is 1. The van der Waals surface area contributed by atoms with Crippen molar-refractivity contribution in [3.63, 3.8) is 0 Å². The molecular formula is C35H29Cl3N8O10S. The van der Waals surface area contributed by atoms with Crippen LogP contribution in [0.15, 0.2) is 102 Å². The molecule has 0 aliphatic heterocycles. The van der Waals surface area contributed by atoms with Gasteiger partial charge in [0.25, 0.3) is 15.7 Å². The molecule has 0 unspecified atom stereocenters. The van der Waals surface area contributed by atoms with E-state index >= 15 is 0 Å². The quantitative estimate of drug-likeness (QED) is 0.0597.